The molecule has 1 heterocycles. The highest BCUT2D eigenvalue weighted by Gasteiger charge is 2.01. The summed E-state index contributed by atoms with van der Waals surface area (Å²) in [6.07, 6.45) is 3.67. The van der Waals surface area contributed by atoms with E-state index < -0.39 is 0 Å². The van der Waals surface area contributed by atoms with E-state index in [2.05, 4.69) is 36.4 Å². The molecule has 70 valence electrons. The van der Waals surface area contributed by atoms with E-state index in [4.69, 9.17) is 0 Å². The molecule has 0 aliphatic heterocycles. The van der Waals surface area contributed by atoms with E-state index in [-0.39, 0.29) is 0 Å². The molecular formula is C11H16N2. The number of rotatable bonds is 4. The van der Waals surface area contributed by atoms with Gasteiger partial charge in [-0.05, 0) is 31.5 Å². The molecule has 0 saturated carbocycles. The van der Waals surface area contributed by atoms with Gasteiger partial charge in [-0.25, -0.2) is 4.98 Å². The van der Waals surface area contributed by atoms with Crippen molar-refractivity contribution in [1.82, 2.24) is 4.98 Å². The molecule has 1 aromatic rings. The minimum absolute atomic E-state index is 0.990. The SMILES string of the molecule is C=Cc1ccnc(N(CC)CC)c1. The first-order valence-electron chi connectivity index (χ1n) is 4.65. The van der Waals surface area contributed by atoms with E-state index in [9.17, 15) is 0 Å². The molecular weight excluding hydrogens is 160 g/mol. The molecule has 0 fully saturated rings. The third-order valence-electron chi connectivity index (χ3n) is 2.09. The fourth-order valence-electron chi connectivity index (χ4n) is 1.28. The van der Waals surface area contributed by atoms with E-state index in [1.54, 1.807) is 0 Å². The Bertz CT molecular complexity index is 277. The van der Waals surface area contributed by atoms with Gasteiger partial charge in [0.05, 0.1) is 0 Å². The Labute approximate surface area is 79.9 Å². The van der Waals surface area contributed by atoms with Crippen LogP contribution < -0.4 is 4.90 Å². The van der Waals surface area contributed by atoms with Gasteiger partial charge in [-0.2, -0.15) is 0 Å². The maximum atomic E-state index is 4.31. The van der Waals surface area contributed by atoms with Gasteiger partial charge in [-0.3, -0.25) is 0 Å². The Hall–Kier alpha value is -1.31. The summed E-state index contributed by atoms with van der Waals surface area (Å²) in [4.78, 5) is 6.52. The van der Waals surface area contributed by atoms with E-state index in [0.29, 0.717) is 0 Å². The van der Waals surface area contributed by atoms with Crippen LogP contribution in [0.3, 0.4) is 0 Å². The van der Waals surface area contributed by atoms with Crippen molar-refractivity contribution in [2.45, 2.75) is 13.8 Å². The minimum Gasteiger partial charge on any atom is -0.357 e. The minimum atomic E-state index is 0.990. The molecule has 1 rings (SSSR count). The van der Waals surface area contributed by atoms with Crippen LogP contribution in [-0.2, 0) is 0 Å². The Kier molecular flexibility index (Phi) is 3.50. The first kappa shape index (κ1) is 9.78. The molecule has 2 heteroatoms. The number of anilines is 1. The molecule has 0 spiro atoms. The lowest BCUT2D eigenvalue weighted by molar-refractivity contribution is 0.846. The number of aromatic nitrogens is 1. The van der Waals surface area contributed by atoms with Gasteiger partial charge in [0, 0.05) is 19.3 Å². The molecule has 0 aliphatic carbocycles. The van der Waals surface area contributed by atoms with Crippen molar-refractivity contribution in [1.29, 1.82) is 0 Å². The van der Waals surface area contributed by atoms with E-state index in [1.165, 1.54) is 0 Å². The molecule has 0 bridgehead atoms. The largest absolute Gasteiger partial charge is 0.357 e. The van der Waals surface area contributed by atoms with Crippen LogP contribution in [0, 0.1) is 0 Å². The maximum Gasteiger partial charge on any atom is 0.129 e. The van der Waals surface area contributed by atoms with Crippen molar-refractivity contribution in [2.24, 2.45) is 0 Å². The summed E-state index contributed by atoms with van der Waals surface area (Å²) < 4.78 is 0. The average molecular weight is 176 g/mol. The summed E-state index contributed by atoms with van der Waals surface area (Å²) in [6.45, 7) is 9.98. The summed E-state index contributed by atoms with van der Waals surface area (Å²) in [7, 11) is 0. The predicted octanol–water partition coefficient (Wildman–Crippen LogP) is 2.57. The Morgan fingerprint density at radius 2 is 2.15 bits per heavy atom. The summed E-state index contributed by atoms with van der Waals surface area (Å²) >= 11 is 0. The van der Waals surface area contributed by atoms with Gasteiger partial charge in [-0.15, -0.1) is 0 Å². The van der Waals surface area contributed by atoms with Crippen molar-refractivity contribution >= 4 is 11.9 Å². The third-order valence-corrected chi connectivity index (χ3v) is 2.09. The molecule has 0 amide bonds. The van der Waals surface area contributed by atoms with Crippen LogP contribution in [0.4, 0.5) is 5.82 Å². The zero-order valence-corrected chi connectivity index (χ0v) is 8.33. The first-order chi connectivity index (χ1) is 6.31. The fourth-order valence-corrected chi connectivity index (χ4v) is 1.28. The van der Waals surface area contributed by atoms with Crippen molar-refractivity contribution < 1.29 is 0 Å². The number of hydrogen-bond donors (Lipinski definition) is 0. The average Bonchev–Trinajstić information content (AvgIpc) is 2.20. The molecule has 2 nitrogen and oxygen atoms in total. The number of pyridine rings is 1. The summed E-state index contributed by atoms with van der Waals surface area (Å²) in [6, 6.07) is 4.01. The van der Waals surface area contributed by atoms with Crippen molar-refractivity contribution in [3.63, 3.8) is 0 Å². The second kappa shape index (κ2) is 4.65. The highest BCUT2D eigenvalue weighted by molar-refractivity contribution is 5.53. The molecule has 0 radical (unpaired) electrons. The van der Waals surface area contributed by atoms with Crippen LogP contribution in [0.25, 0.3) is 6.08 Å². The van der Waals surface area contributed by atoms with E-state index >= 15 is 0 Å². The second-order valence-corrected chi connectivity index (χ2v) is 2.82. The maximum absolute atomic E-state index is 4.31. The second-order valence-electron chi connectivity index (χ2n) is 2.82. The lowest BCUT2D eigenvalue weighted by atomic mass is 10.2. The topological polar surface area (TPSA) is 16.1 Å². The molecule has 1 aromatic heterocycles. The van der Waals surface area contributed by atoms with Crippen LogP contribution >= 0.6 is 0 Å². The predicted molar refractivity (Wildman–Crippen MR) is 57.9 cm³/mol. The monoisotopic (exact) mass is 176 g/mol. The number of nitrogens with zero attached hydrogens (tertiary/aromatic N) is 2. The molecule has 0 aliphatic rings. The van der Waals surface area contributed by atoms with Gasteiger partial charge >= 0.3 is 0 Å². The van der Waals surface area contributed by atoms with Crippen molar-refractivity contribution in [3.8, 4) is 0 Å². The lowest BCUT2D eigenvalue weighted by Crippen LogP contribution is -2.22. The zero-order chi connectivity index (χ0) is 9.68. The Morgan fingerprint density at radius 3 is 2.69 bits per heavy atom. The van der Waals surface area contributed by atoms with Crippen molar-refractivity contribution in [3.05, 3.63) is 30.5 Å². The van der Waals surface area contributed by atoms with Crippen molar-refractivity contribution in [2.75, 3.05) is 18.0 Å². The van der Waals surface area contributed by atoms with Gasteiger partial charge in [0.25, 0.3) is 0 Å². The van der Waals surface area contributed by atoms with Crippen LogP contribution in [0.15, 0.2) is 24.9 Å². The Balaban J connectivity index is 2.92. The van der Waals surface area contributed by atoms with Crippen LogP contribution in [-0.4, -0.2) is 18.1 Å². The van der Waals surface area contributed by atoms with Gasteiger partial charge in [0.15, 0.2) is 0 Å². The molecule has 0 atom stereocenters. The first-order valence-corrected chi connectivity index (χ1v) is 4.65. The summed E-state index contributed by atoms with van der Waals surface area (Å²) in [5, 5.41) is 0. The van der Waals surface area contributed by atoms with Gasteiger partial charge in [-0.1, -0.05) is 12.7 Å². The highest BCUT2D eigenvalue weighted by atomic mass is 15.2. The van der Waals surface area contributed by atoms with E-state index in [1.807, 2.05) is 18.3 Å². The Morgan fingerprint density at radius 1 is 1.46 bits per heavy atom. The van der Waals surface area contributed by atoms with Gasteiger partial charge in [0.2, 0.25) is 0 Å². The smallest absolute Gasteiger partial charge is 0.129 e. The summed E-state index contributed by atoms with van der Waals surface area (Å²) in [5.41, 5.74) is 1.12. The molecule has 0 unspecified atom stereocenters. The zero-order valence-electron chi connectivity index (χ0n) is 8.33. The third kappa shape index (κ3) is 2.31. The van der Waals surface area contributed by atoms with E-state index in [0.717, 1.165) is 24.5 Å². The summed E-state index contributed by atoms with van der Waals surface area (Å²) in [5.74, 6) is 1.03. The molecule has 0 aromatic carbocycles. The van der Waals surface area contributed by atoms with Crippen LogP contribution in [0.1, 0.15) is 19.4 Å². The molecule has 0 N–H and O–H groups in total. The normalized spacial score (nSPS) is 9.69. The van der Waals surface area contributed by atoms with Gasteiger partial charge < -0.3 is 4.90 Å². The highest BCUT2D eigenvalue weighted by Crippen LogP contribution is 2.12. The standard InChI is InChI=1S/C11H16N2/c1-4-10-7-8-12-11(9-10)13(5-2)6-3/h4,7-9H,1,5-6H2,2-3H3. The fraction of sp³-hybridized carbons (Fsp3) is 0.364. The van der Waals surface area contributed by atoms with Crippen LogP contribution in [0.2, 0.25) is 0 Å². The number of hydrogen-bond acceptors (Lipinski definition) is 2. The lowest BCUT2D eigenvalue weighted by Gasteiger charge is -2.19. The van der Waals surface area contributed by atoms with Crippen LogP contribution in [0.5, 0.6) is 0 Å². The molecule has 0 saturated heterocycles. The molecule has 13 heavy (non-hydrogen) atoms. The van der Waals surface area contributed by atoms with Gasteiger partial charge in [0.1, 0.15) is 5.82 Å². The quantitative estimate of drug-likeness (QED) is 0.701.